The average molecular weight is 472 g/mol. The van der Waals surface area contributed by atoms with Crippen LogP contribution in [0.3, 0.4) is 0 Å². The highest BCUT2D eigenvalue weighted by atomic mass is 16.5. The molecule has 1 aromatic carbocycles. The van der Waals surface area contributed by atoms with Gasteiger partial charge < -0.3 is 24.4 Å². The Labute approximate surface area is 200 Å². The third-order valence-electron chi connectivity index (χ3n) is 7.39. The topological polar surface area (TPSA) is 97.4 Å². The molecular weight excluding hydrogens is 438 g/mol. The number of urea groups is 1. The van der Waals surface area contributed by atoms with Gasteiger partial charge in [-0.1, -0.05) is 25.8 Å². The molecule has 34 heavy (non-hydrogen) atoms. The molecule has 2 atom stereocenters. The maximum absolute atomic E-state index is 13.2. The quantitative estimate of drug-likeness (QED) is 0.641. The molecule has 184 valence electrons. The van der Waals surface area contributed by atoms with Gasteiger partial charge >= 0.3 is 6.03 Å². The summed E-state index contributed by atoms with van der Waals surface area (Å²) in [5.41, 5.74) is 0.983. The summed E-state index contributed by atoms with van der Waals surface area (Å²) < 4.78 is 16.4. The molecule has 1 saturated heterocycles. The minimum atomic E-state index is -0.855. The lowest BCUT2D eigenvalue weighted by molar-refractivity contribution is -0.140. The molecule has 1 saturated carbocycles. The number of carbonyl (C=O) groups excluding carboxylic acids is 3. The van der Waals surface area contributed by atoms with E-state index in [9.17, 15) is 14.4 Å². The van der Waals surface area contributed by atoms with E-state index >= 15 is 0 Å². The first-order chi connectivity index (χ1) is 16.3. The Hall–Kier alpha value is -3.23. The Morgan fingerprint density at radius 3 is 2.38 bits per heavy atom. The molecular formula is C25H33N3O6. The zero-order chi connectivity index (χ0) is 24.5. The van der Waals surface area contributed by atoms with Crippen molar-refractivity contribution >= 4 is 23.4 Å². The highest BCUT2D eigenvalue weighted by molar-refractivity contribution is 6.09. The van der Waals surface area contributed by atoms with Gasteiger partial charge in [-0.25, -0.2) is 4.79 Å². The van der Waals surface area contributed by atoms with Gasteiger partial charge in [-0.15, -0.1) is 0 Å². The first-order valence-corrected chi connectivity index (χ1v) is 11.8. The second-order valence-corrected chi connectivity index (χ2v) is 9.17. The lowest BCUT2D eigenvalue weighted by Crippen LogP contribution is -2.54. The molecule has 2 unspecified atom stereocenters. The second kappa shape index (κ2) is 9.56. The van der Waals surface area contributed by atoms with Gasteiger partial charge in [-0.3, -0.25) is 14.5 Å². The molecule has 4 amide bonds. The molecule has 0 radical (unpaired) electrons. The number of amides is 4. The SMILES string of the molecule is COc1cc(OC)c(C2=CCN(C(=O)CN3C(=O)NC4(CCCCC4C)C3=O)CC2)c(OC)c1. The summed E-state index contributed by atoms with van der Waals surface area (Å²) in [6.07, 6.45) is 6.03. The predicted octanol–water partition coefficient (Wildman–Crippen LogP) is 2.83. The molecule has 2 fully saturated rings. The van der Waals surface area contributed by atoms with E-state index in [1.807, 2.05) is 13.0 Å². The first-order valence-electron chi connectivity index (χ1n) is 11.8. The fourth-order valence-electron chi connectivity index (χ4n) is 5.32. The maximum atomic E-state index is 13.2. The summed E-state index contributed by atoms with van der Waals surface area (Å²) in [6, 6.07) is 3.14. The van der Waals surface area contributed by atoms with Crippen LogP contribution in [0.25, 0.3) is 5.57 Å². The van der Waals surface area contributed by atoms with E-state index in [0.717, 1.165) is 35.3 Å². The van der Waals surface area contributed by atoms with Crippen LogP contribution >= 0.6 is 0 Å². The molecule has 1 N–H and O–H groups in total. The first kappa shape index (κ1) is 23.9. The van der Waals surface area contributed by atoms with E-state index in [-0.39, 0.29) is 24.3 Å². The zero-order valence-electron chi connectivity index (χ0n) is 20.3. The molecule has 9 heteroatoms. The van der Waals surface area contributed by atoms with Gasteiger partial charge in [0.2, 0.25) is 5.91 Å². The van der Waals surface area contributed by atoms with Crippen LogP contribution in [0.1, 0.15) is 44.6 Å². The van der Waals surface area contributed by atoms with Crippen LogP contribution in [0.5, 0.6) is 17.2 Å². The lowest BCUT2D eigenvalue weighted by Gasteiger charge is -2.37. The molecule has 3 aliphatic rings. The number of nitrogens with one attached hydrogen (secondary N) is 1. The van der Waals surface area contributed by atoms with Crippen molar-refractivity contribution in [1.82, 2.24) is 15.1 Å². The van der Waals surface area contributed by atoms with E-state index < -0.39 is 11.6 Å². The number of benzene rings is 1. The van der Waals surface area contributed by atoms with Gasteiger partial charge in [0.15, 0.2) is 0 Å². The van der Waals surface area contributed by atoms with Crippen LogP contribution < -0.4 is 19.5 Å². The minimum Gasteiger partial charge on any atom is -0.496 e. The number of hydrogen-bond donors (Lipinski definition) is 1. The van der Waals surface area contributed by atoms with Crippen molar-refractivity contribution in [1.29, 1.82) is 0 Å². The van der Waals surface area contributed by atoms with Crippen LogP contribution in [0, 0.1) is 5.92 Å². The number of hydrogen-bond acceptors (Lipinski definition) is 6. The third kappa shape index (κ3) is 4.08. The highest BCUT2D eigenvalue weighted by Crippen LogP contribution is 2.41. The van der Waals surface area contributed by atoms with Crippen LogP contribution in [0.15, 0.2) is 18.2 Å². The van der Waals surface area contributed by atoms with Gasteiger partial charge in [0.05, 0.1) is 26.9 Å². The van der Waals surface area contributed by atoms with Crippen molar-refractivity contribution in [2.45, 2.75) is 44.6 Å². The standard InChI is InChI=1S/C25H33N3O6/c1-16-7-5-6-10-25(16)23(30)28(24(31)26-25)15-21(29)27-11-8-17(9-12-27)22-19(33-3)13-18(32-2)14-20(22)34-4/h8,13-14,16H,5-7,9-12,15H2,1-4H3,(H,26,31). The number of methoxy groups -OCH3 is 3. The smallest absolute Gasteiger partial charge is 0.325 e. The van der Waals surface area contributed by atoms with Crippen molar-refractivity contribution in [3.05, 3.63) is 23.8 Å². The fourth-order valence-corrected chi connectivity index (χ4v) is 5.32. The van der Waals surface area contributed by atoms with E-state index in [1.165, 1.54) is 0 Å². The molecule has 4 rings (SSSR count). The number of ether oxygens (including phenoxy) is 3. The largest absolute Gasteiger partial charge is 0.496 e. The summed E-state index contributed by atoms with van der Waals surface area (Å²) >= 11 is 0. The van der Waals surface area contributed by atoms with Gasteiger partial charge in [0.25, 0.3) is 5.91 Å². The molecule has 2 heterocycles. The zero-order valence-corrected chi connectivity index (χ0v) is 20.3. The van der Waals surface area contributed by atoms with Crippen molar-refractivity contribution < 1.29 is 28.6 Å². The summed E-state index contributed by atoms with van der Waals surface area (Å²) in [4.78, 5) is 41.6. The fraction of sp³-hybridized carbons (Fsp3) is 0.560. The molecule has 0 aromatic heterocycles. The Morgan fingerprint density at radius 2 is 1.82 bits per heavy atom. The molecule has 1 aromatic rings. The van der Waals surface area contributed by atoms with Gasteiger partial charge in [-0.2, -0.15) is 0 Å². The Kier molecular flexibility index (Phi) is 6.72. The Bertz CT molecular complexity index is 997. The maximum Gasteiger partial charge on any atom is 0.325 e. The van der Waals surface area contributed by atoms with Crippen LogP contribution in [-0.2, 0) is 9.59 Å². The monoisotopic (exact) mass is 471 g/mol. The summed E-state index contributed by atoms with van der Waals surface area (Å²) in [7, 11) is 4.77. The number of nitrogens with zero attached hydrogens (tertiary/aromatic N) is 2. The molecule has 0 bridgehead atoms. The average Bonchev–Trinajstić information content (AvgIpc) is 3.09. The van der Waals surface area contributed by atoms with E-state index in [4.69, 9.17) is 14.2 Å². The van der Waals surface area contributed by atoms with Crippen molar-refractivity contribution in [3.63, 3.8) is 0 Å². The molecule has 2 aliphatic heterocycles. The van der Waals surface area contributed by atoms with Gasteiger partial charge in [0.1, 0.15) is 29.3 Å². The van der Waals surface area contributed by atoms with E-state index in [0.29, 0.717) is 43.2 Å². The lowest BCUT2D eigenvalue weighted by atomic mass is 9.73. The van der Waals surface area contributed by atoms with E-state index in [1.54, 1.807) is 38.4 Å². The molecule has 9 nitrogen and oxygen atoms in total. The summed E-state index contributed by atoms with van der Waals surface area (Å²) in [5.74, 6) is 1.45. The van der Waals surface area contributed by atoms with Crippen molar-refractivity contribution in [3.8, 4) is 17.2 Å². The number of rotatable bonds is 6. The van der Waals surface area contributed by atoms with Gasteiger partial charge in [-0.05, 0) is 30.8 Å². The normalized spacial score (nSPS) is 24.7. The Morgan fingerprint density at radius 1 is 1.12 bits per heavy atom. The summed E-state index contributed by atoms with van der Waals surface area (Å²) in [5, 5.41) is 2.91. The van der Waals surface area contributed by atoms with Crippen LogP contribution in [0.4, 0.5) is 4.79 Å². The molecule has 1 spiro atoms. The molecule has 1 aliphatic carbocycles. The predicted molar refractivity (Wildman–Crippen MR) is 126 cm³/mol. The number of carbonyl (C=O) groups is 3. The van der Waals surface area contributed by atoms with Crippen LogP contribution in [-0.4, -0.2) is 74.1 Å². The third-order valence-corrected chi connectivity index (χ3v) is 7.39. The highest BCUT2D eigenvalue weighted by Gasteiger charge is 2.55. The number of imide groups is 1. The summed E-state index contributed by atoms with van der Waals surface area (Å²) in [6.45, 7) is 2.60. The second-order valence-electron chi connectivity index (χ2n) is 9.17. The minimum absolute atomic E-state index is 0.0627. The van der Waals surface area contributed by atoms with E-state index in [2.05, 4.69) is 5.32 Å². The van der Waals surface area contributed by atoms with Crippen molar-refractivity contribution in [2.24, 2.45) is 5.92 Å². The Balaban J connectivity index is 1.47. The van der Waals surface area contributed by atoms with Crippen molar-refractivity contribution in [2.75, 3.05) is 41.0 Å². The van der Waals surface area contributed by atoms with Crippen LogP contribution in [0.2, 0.25) is 0 Å². The van der Waals surface area contributed by atoms with Gasteiger partial charge in [0, 0.05) is 25.2 Å².